The Bertz CT molecular complexity index is 508. The number of carbonyl (C=O) groups excluding carboxylic acids is 1. The molecule has 1 aromatic carbocycles. The summed E-state index contributed by atoms with van der Waals surface area (Å²) in [4.78, 5) is 22.8. The number of ether oxygens (including phenoxy) is 1. The standard InChI is InChI=1S/C14H17Br2NO4/c1-2-3-4-11(14(19)20)17-13(18)8-21-12-6-5-9(15)7-10(12)16/h5-7,11H,2-4,8H2,1H3,(H,17,18)(H,19,20)/t11-/m0/s1. The largest absolute Gasteiger partial charge is 0.483 e. The number of halogens is 2. The Balaban J connectivity index is 2.50. The lowest BCUT2D eigenvalue weighted by Gasteiger charge is -2.14. The zero-order valence-corrected chi connectivity index (χ0v) is 14.7. The second-order valence-electron chi connectivity index (χ2n) is 4.46. The van der Waals surface area contributed by atoms with Crippen molar-refractivity contribution in [1.29, 1.82) is 0 Å². The summed E-state index contributed by atoms with van der Waals surface area (Å²) >= 11 is 6.64. The van der Waals surface area contributed by atoms with Crippen LogP contribution in [0.25, 0.3) is 0 Å². The molecule has 116 valence electrons. The first-order valence-corrected chi connectivity index (χ1v) is 8.12. The van der Waals surface area contributed by atoms with E-state index in [1.54, 1.807) is 18.2 Å². The Labute approximate surface area is 140 Å². The van der Waals surface area contributed by atoms with Crippen molar-refractivity contribution in [2.24, 2.45) is 0 Å². The van der Waals surface area contributed by atoms with Crippen LogP contribution < -0.4 is 10.1 Å². The average molecular weight is 423 g/mol. The van der Waals surface area contributed by atoms with E-state index < -0.39 is 17.9 Å². The summed E-state index contributed by atoms with van der Waals surface area (Å²) in [6, 6.07) is 4.44. The Morgan fingerprint density at radius 2 is 2.10 bits per heavy atom. The molecule has 0 unspecified atom stereocenters. The number of hydrogen-bond donors (Lipinski definition) is 2. The second kappa shape index (κ2) is 9.04. The Morgan fingerprint density at radius 1 is 1.38 bits per heavy atom. The van der Waals surface area contributed by atoms with Crippen LogP contribution in [-0.2, 0) is 9.59 Å². The van der Waals surface area contributed by atoms with Crippen LogP contribution in [0.2, 0.25) is 0 Å². The third-order valence-corrected chi connectivity index (χ3v) is 3.85. The van der Waals surface area contributed by atoms with E-state index in [0.29, 0.717) is 16.6 Å². The molecule has 0 fully saturated rings. The van der Waals surface area contributed by atoms with E-state index in [1.165, 1.54) is 0 Å². The maximum Gasteiger partial charge on any atom is 0.326 e. The first kappa shape index (κ1) is 18.0. The van der Waals surface area contributed by atoms with Crippen molar-refractivity contribution in [3.8, 4) is 5.75 Å². The number of carbonyl (C=O) groups is 2. The molecule has 1 atom stereocenters. The van der Waals surface area contributed by atoms with Crippen LogP contribution in [0.4, 0.5) is 0 Å². The quantitative estimate of drug-likeness (QED) is 0.673. The van der Waals surface area contributed by atoms with Crippen molar-refractivity contribution >= 4 is 43.7 Å². The normalized spacial score (nSPS) is 11.8. The number of aliphatic carboxylic acids is 1. The highest BCUT2D eigenvalue weighted by atomic mass is 79.9. The topological polar surface area (TPSA) is 75.6 Å². The van der Waals surface area contributed by atoms with Crippen molar-refractivity contribution in [3.63, 3.8) is 0 Å². The Hall–Kier alpha value is -1.08. The van der Waals surface area contributed by atoms with E-state index >= 15 is 0 Å². The van der Waals surface area contributed by atoms with Gasteiger partial charge in [-0.3, -0.25) is 4.79 Å². The van der Waals surface area contributed by atoms with Gasteiger partial charge in [0.1, 0.15) is 11.8 Å². The molecule has 0 saturated carbocycles. The van der Waals surface area contributed by atoms with Gasteiger partial charge in [0.25, 0.3) is 5.91 Å². The molecule has 0 heterocycles. The number of rotatable bonds is 8. The minimum atomic E-state index is -1.03. The molecule has 0 spiro atoms. The third kappa shape index (κ3) is 6.48. The first-order valence-electron chi connectivity index (χ1n) is 6.54. The zero-order valence-electron chi connectivity index (χ0n) is 11.6. The summed E-state index contributed by atoms with van der Waals surface area (Å²) in [6.45, 7) is 1.74. The van der Waals surface area contributed by atoms with E-state index in [0.717, 1.165) is 17.3 Å². The summed E-state index contributed by atoms with van der Waals surface area (Å²) in [5, 5.41) is 11.5. The fraction of sp³-hybridized carbons (Fsp3) is 0.429. The molecule has 0 saturated heterocycles. The van der Waals surface area contributed by atoms with Gasteiger partial charge in [0, 0.05) is 4.47 Å². The van der Waals surface area contributed by atoms with E-state index in [4.69, 9.17) is 9.84 Å². The molecule has 5 nitrogen and oxygen atoms in total. The minimum Gasteiger partial charge on any atom is -0.483 e. The van der Waals surface area contributed by atoms with Gasteiger partial charge >= 0.3 is 5.97 Å². The highest BCUT2D eigenvalue weighted by Gasteiger charge is 2.19. The lowest BCUT2D eigenvalue weighted by molar-refractivity contribution is -0.142. The van der Waals surface area contributed by atoms with Gasteiger partial charge in [-0.2, -0.15) is 0 Å². The van der Waals surface area contributed by atoms with Crippen LogP contribution in [0, 0.1) is 0 Å². The molecule has 1 rings (SSSR count). The van der Waals surface area contributed by atoms with Crippen molar-refractivity contribution in [2.75, 3.05) is 6.61 Å². The molecular weight excluding hydrogens is 406 g/mol. The zero-order chi connectivity index (χ0) is 15.8. The van der Waals surface area contributed by atoms with Crippen molar-refractivity contribution in [3.05, 3.63) is 27.1 Å². The third-order valence-electron chi connectivity index (χ3n) is 2.73. The summed E-state index contributed by atoms with van der Waals surface area (Å²) in [7, 11) is 0. The van der Waals surface area contributed by atoms with Gasteiger partial charge in [-0.15, -0.1) is 0 Å². The number of hydrogen-bond acceptors (Lipinski definition) is 3. The number of carboxylic acid groups (broad SMARTS) is 1. The number of nitrogens with one attached hydrogen (secondary N) is 1. The molecule has 0 aliphatic heterocycles. The number of amides is 1. The smallest absolute Gasteiger partial charge is 0.326 e. The second-order valence-corrected chi connectivity index (χ2v) is 6.23. The molecule has 21 heavy (non-hydrogen) atoms. The van der Waals surface area contributed by atoms with E-state index in [1.807, 2.05) is 6.92 Å². The summed E-state index contributed by atoms with van der Waals surface area (Å²) < 4.78 is 6.97. The van der Waals surface area contributed by atoms with Gasteiger partial charge in [-0.25, -0.2) is 4.79 Å². The average Bonchev–Trinajstić information content (AvgIpc) is 2.42. The molecule has 0 aromatic heterocycles. The monoisotopic (exact) mass is 421 g/mol. The fourth-order valence-corrected chi connectivity index (χ4v) is 2.80. The number of carboxylic acids is 1. The van der Waals surface area contributed by atoms with Crippen LogP contribution in [0.15, 0.2) is 27.1 Å². The molecule has 0 radical (unpaired) electrons. The van der Waals surface area contributed by atoms with E-state index in [9.17, 15) is 9.59 Å². The molecular formula is C14H17Br2NO4. The van der Waals surface area contributed by atoms with Crippen molar-refractivity contribution < 1.29 is 19.4 Å². The molecule has 7 heteroatoms. The molecule has 0 bridgehead atoms. The molecule has 1 amide bonds. The highest BCUT2D eigenvalue weighted by Crippen LogP contribution is 2.28. The van der Waals surface area contributed by atoms with Gasteiger partial charge in [0.05, 0.1) is 4.47 Å². The predicted octanol–water partition coefficient (Wildman–Crippen LogP) is 3.35. The number of benzene rings is 1. The van der Waals surface area contributed by atoms with Crippen LogP contribution >= 0.6 is 31.9 Å². The lowest BCUT2D eigenvalue weighted by Crippen LogP contribution is -2.42. The van der Waals surface area contributed by atoms with Gasteiger partial charge in [-0.1, -0.05) is 35.7 Å². The summed E-state index contributed by atoms with van der Waals surface area (Å²) in [6.07, 6.45) is 2.04. The van der Waals surface area contributed by atoms with Gasteiger partial charge < -0.3 is 15.2 Å². The Kier molecular flexibility index (Phi) is 7.74. The van der Waals surface area contributed by atoms with Gasteiger partial charge in [0.15, 0.2) is 6.61 Å². The summed E-state index contributed by atoms with van der Waals surface area (Å²) in [5.74, 6) is -0.955. The first-order chi connectivity index (χ1) is 9.93. The van der Waals surface area contributed by atoms with E-state index in [2.05, 4.69) is 37.2 Å². The maximum absolute atomic E-state index is 11.7. The van der Waals surface area contributed by atoms with Crippen LogP contribution in [-0.4, -0.2) is 29.6 Å². The van der Waals surface area contributed by atoms with Crippen molar-refractivity contribution in [1.82, 2.24) is 5.32 Å². The molecule has 2 N–H and O–H groups in total. The van der Waals surface area contributed by atoms with Crippen molar-refractivity contribution in [2.45, 2.75) is 32.2 Å². The number of unbranched alkanes of at least 4 members (excludes halogenated alkanes) is 1. The minimum absolute atomic E-state index is 0.226. The Morgan fingerprint density at radius 3 is 2.67 bits per heavy atom. The lowest BCUT2D eigenvalue weighted by atomic mass is 10.1. The molecule has 0 aliphatic rings. The maximum atomic E-state index is 11.7. The van der Waals surface area contributed by atoms with Crippen LogP contribution in [0.3, 0.4) is 0 Å². The van der Waals surface area contributed by atoms with Gasteiger partial charge in [-0.05, 0) is 40.5 Å². The highest BCUT2D eigenvalue weighted by molar-refractivity contribution is 9.11. The van der Waals surface area contributed by atoms with Crippen LogP contribution in [0.1, 0.15) is 26.2 Å². The van der Waals surface area contributed by atoms with Gasteiger partial charge in [0.2, 0.25) is 0 Å². The van der Waals surface area contributed by atoms with Crippen LogP contribution in [0.5, 0.6) is 5.75 Å². The summed E-state index contributed by atoms with van der Waals surface area (Å²) in [5.41, 5.74) is 0. The molecule has 1 aromatic rings. The molecule has 0 aliphatic carbocycles. The SMILES string of the molecule is CCCC[C@H](NC(=O)COc1ccc(Br)cc1Br)C(=O)O. The van der Waals surface area contributed by atoms with E-state index in [-0.39, 0.29) is 6.61 Å². The predicted molar refractivity (Wildman–Crippen MR) is 86.4 cm³/mol. The fourth-order valence-electron chi connectivity index (χ4n) is 1.64.